The summed E-state index contributed by atoms with van der Waals surface area (Å²) in [4.78, 5) is 8.88. The van der Waals surface area contributed by atoms with Gasteiger partial charge in [0.15, 0.2) is 0 Å². The molecule has 3 nitrogen and oxygen atoms in total. The van der Waals surface area contributed by atoms with Gasteiger partial charge in [-0.15, -0.1) is 0 Å². The summed E-state index contributed by atoms with van der Waals surface area (Å²) in [5.74, 6) is 0. The van der Waals surface area contributed by atoms with Gasteiger partial charge in [0.2, 0.25) is 0 Å². The van der Waals surface area contributed by atoms with Gasteiger partial charge in [-0.3, -0.25) is 4.98 Å². The molecule has 0 saturated carbocycles. The summed E-state index contributed by atoms with van der Waals surface area (Å²) in [5, 5.41) is 3.79. The van der Waals surface area contributed by atoms with E-state index in [9.17, 15) is 0 Å². The molecule has 0 atom stereocenters. The van der Waals surface area contributed by atoms with Crippen molar-refractivity contribution in [1.29, 1.82) is 0 Å². The first-order valence-electron chi connectivity index (χ1n) is 3.88. The summed E-state index contributed by atoms with van der Waals surface area (Å²) in [6.07, 6.45) is 5.23. The lowest BCUT2D eigenvalue weighted by atomic mass is 10.3. The molecule has 1 heterocycles. The molecule has 1 aromatic rings. The fourth-order valence-electron chi connectivity index (χ4n) is 0.663. The minimum Gasteiger partial charge on any atom is -0.393 e. The van der Waals surface area contributed by atoms with Gasteiger partial charge in [0.25, 0.3) is 0 Å². The van der Waals surface area contributed by atoms with Crippen molar-refractivity contribution >= 4 is 6.21 Å². The van der Waals surface area contributed by atoms with Crippen LogP contribution in [-0.2, 0) is 4.84 Å². The molecular weight excluding hydrogens is 152 g/mol. The van der Waals surface area contributed by atoms with E-state index in [2.05, 4.69) is 10.1 Å². The number of oxime groups is 1. The van der Waals surface area contributed by atoms with Crippen LogP contribution in [0.5, 0.6) is 0 Å². The topological polar surface area (TPSA) is 34.5 Å². The summed E-state index contributed by atoms with van der Waals surface area (Å²) >= 11 is 0. The lowest BCUT2D eigenvalue weighted by Gasteiger charge is -1.99. The van der Waals surface area contributed by atoms with Crippen molar-refractivity contribution < 1.29 is 4.84 Å². The van der Waals surface area contributed by atoms with Crippen molar-refractivity contribution in [3.05, 3.63) is 30.1 Å². The molecule has 64 valence electrons. The molecule has 0 aliphatic heterocycles. The van der Waals surface area contributed by atoms with Crippen molar-refractivity contribution in [3.8, 4) is 0 Å². The first-order chi connectivity index (χ1) is 5.79. The Kier molecular flexibility index (Phi) is 3.26. The average molecular weight is 164 g/mol. The molecule has 1 aromatic heterocycles. The maximum atomic E-state index is 4.99. The molecular formula is C9H12N2O. The molecule has 0 radical (unpaired) electrons. The van der Waals surface area contributed by atoms with Crippen molar-refractivity contribution in [2.45, 2.75) is 20.0 Å². The van der Waals surface area contributed by atoms with Gasteiger partial charge in [0.05, 0.1) is 6.21 Å². The van der Waals surface area contributed by atoms with Crippen LogP contribution in [-0.4, -0.2) is 17.3 Å². The molecule has 0 amide bonds. The van der Waals surface area contributed by atoms with Gasteiger partial charge in [-0.1, -0.05) is 5.16 Å². The summed E-state index contributed by atoms with van der Waals surface area (Å²) in [7, 11) is 0. The molecule has 0 N–H and O–H groups in total. The van der Waals surface area contributed by atoms with Crippen molar-refractivity contribution in [1.82, 2.24) is 4.98 Å². The van der Waals surface area contributed by atoms with Gasteiger partial charge in [0, 0.05) is 12.4 Å². The van der Waals surface area contributed by atoms with Gasteiger partial charge in [-0.25, -0.2) is 0 Å². The smallest absolute Gasteiger partial charge is 0.122 e. The van der Waals surface area contributed by atoms with Gasteiger partial charge in [-0.2, -0.15) is 0 Å². The highest BCUT2D eigenvalue weighted by Gasteiger charge is 1.88. The van der Waals surface area contributed by atoms with Crippen LogP contribution < -0.4 is 0 Å². The first-order valence-corrected chi connectivity index (χ1v) is 3.88. The maximum absolute atomic E-state index is 4.99. The standard InChI is InChI=1S/C9H12N2O/c1-8(2)12-11-7-9-3-5-10-6-4-9/h3-8H,1-2H3/b11-7-. The second kappa shape index (κ2) is 4.49. The molecule has 1 rings (SSSR count). The molecule has 0 aliphatic rings. The molecule has 0 aliphatic carbocycles. The highest BCUT2D eigenvalue weighted by atomic mass is 16.6. The predicted molar refractivity (Wildman–Crippen MR) is 48.1 cm³/mol. The van der Waals surface area contributed by atoms with Gasteiger partial charge in [0.1, 0.15) is 6.10 Å². The van der Waals surface area contributed by atoms with Crippen LogP contribution in [0, 0.1) is 0 Å². The lowest BCUT2D eigenvalue weighted by Crippen LogP contribution is -1.95. The lowest BCUT2D eigenvalue weighted by molar-refractivity contribution is 0.0874. The second-order valence-corrected chi connectivity index (χ2v) is 2.67. The third-order valence-corrected chi connectivity index (χ3v) is 1.18. The van der Waals surface area contributed by atoms with Crippen molar-refractivity contribution in [2.75, 3.05) is 0 Å². The average Bonchev–Trinajstić information content (AvgIpc) is 2.05. The van der Waals surface area contributed by atoms with E-state index >= 15 is 0 Å². The van der Waals surface area contributed by atoms with Gasteiger partial charge in [-0.05, 0) is 31.5 Å². The van der Waals surface area contributed by atoms with Crippen molar-refractivity contribution in [2.24, 2.45) is 5.16 Å². The first kappa shape index (κ1) is 8.71. The van der Waals surface area contributed by atoms with Crippen LogP contribution in [0.15, 0.2) is 29.7 Å². The Morgan fingerprint density at radius 1 is 1.42 bits per heavy atom. The summed E-state index contributed by atoms with van der Waals surface area (Å²) in [6.45, 7) is 3.87. The number of nitrogens with zero attached hydrogens (tertiary/aromatic N) is 2. The van der Waals surface area contributed by atoms with E-state index in [1.165, 1.54) is 0 Å². The fraction of sp³-hybridized carbons (Fsp3) is 0.333. The van der Waals surface area contributed by atoms with E-state index in [1.54, 1.807) is 18.6 Å². The van der Waals surface area contributed by atoms with Gasteiger partial charge < -0.3 is 4.84 Å². The predicted octanol–water partition coefficient (Wildman–Crippen LogP) is 1.84. The monoisotopic (exact) mass is 164 g/mol. The Balaban J connectivity index is 2.47. The van der Waals surface area contributed by atoms with E-state index < -0.39 is 0 Å². The van der Waals surface area contributed by atoms with E-state index in [1.807, 2.05) is 26.0 Å². The molecule has 0 unspecified atom stereocenters. The summed E-state index contributed by atoms with van der Waals surface area (Å²) in [6, 6.07) is 3.74. The molecule has 0 bridgehead atoms. The Bertz CT molecular complexity index is 244. The number of rotatable bonds is 3. The zero-order chi connectivity index (χ0) is 8.81. The molecule has 12 heavy (non-hydrogen) atoms. The van der Waals surface area contributed by atoms with Crippen LogP contribution in [0.4, 0.5) is 0 Å². The highest BCUT2D eigenvalue weighted by Crippen LogP contribution is 1.93. The summed E-state index contributed by atoms with van der Waals surface area (Å²) < 4.78 is 0. The number of hydrogen-bond acceptors (Lipinski definition) is 3. The number of aromatic nitrogens is 1. The molecule has 3 heteroatoms. The highest BCUT2D eigenvalue weighted by molar-refractivity contribution is 5.78. The third-order valence-electron chi connectivity index (χ3n) is 1.18. The Morgan fingerprint density at radius 2 is 2.08 bits per heavy atom. The quantitative estimate of drug-likeness (QED) is 0.504. The molecule has 0 saturated heterocycles. The fourth-order valence-corrected chi connectivity index (χ4v) is 0.663. The van der Waals surface area contributed by atoms with Crippen LogP contribution >= 0.6 is 0 Å². The van der Waals surface area contributed by atoms with Crippen LogP contribution in [0.3, 0.4) is 0 Å². The number of hydrogen-bond donors (Lipinski definition) is 0. The normalized spacial score (nSPS) is 10.9. The van der Waals surface area contributed by atoms with E-state index in [-0.39, 0.29) is 6.10 Å². The molecule has 0 spiro atoms. The van der Waals surface area contributed by atoms with Gasteiger partial charge >= 0.3 is 0 Å². The minimum absolute atomic E-state index is 0.128. The zero-order valence-electron chi connectivity index (χ0n) is 7.27. The molecule has 0 fully saturated rings. The van der Waals surface area contributed by atoms with Crippen LogP contribution in [0.2, 0.25) is 0 Å². The SMILES string of the molecule is CC(C)O/N=C\c1ccncc1. The van der Waals surface area contributed by atoms with Crippen LogP contribution in [0.1, 0.15) is 19.4 Å². The third kappa shape index (κ3) is 3.14. The Hall–Kier alpha value is -1.38. The van der Waals surface area contributed by atoms with Crippen molar-refractivity contribution in [3.63, 3.8) is 0 Å². The number of pyridine rings is 1. The Labute approximate surface area is 72.1 Å². The molecule has 0 aromatic carbocycles. The minimum atomic E-state index is 0.128. The Morgan fingerprint density at radius 3 is 2.67 bits per heavy atom. The van der Waals surface area contributed by atoms with Crippen LogP contribution in [0.25, 0.3) is 0 Å². The largest absolute Gasteiger partial charge is 0.393 e. The van der Waals surface area contributed by atoms with E-state index in [4.69, 9.17) is 4.84 Å². The summed E-state index contributed by atoms with van der Waals surface area (Å²) in [5.41, 5.74) is 0.991. The van der Waals surface area contributed by atoms with E-state index in [0.717, 1.165) is 5.56 Å². The zero-order valence-corrected chi connectivity index (χ0v) is 7.27. The second-order valence-electron chi connectivity index (χ2n) is 2.67. The maximum Gasteiger partial charge on any atom is 0.122 e. The van der Waals surface area contributed by atoms with E-state index in [0.29, 0.717) is 0 Å².